The van der Waals surface area contributed by atoms with Crippen molar-refractivity contribution in [2.24, 2.45) is 5.73 Å². The van der Waals surface area contributed by atoms with Crippen LogP contribution in [0, 0.1) is 0 Å². The molecule has 2 aromatic rings. The number of aromatic nitrogens is 2. The maximum absolute atomic E-state index is 5.82. The van der Waals surface area contributed by atoms with Crippen molar-refractivity contribution in [2.75, 3.05) is 18.5 Å². The van der Waals surface area contributed by atoms with Gasteiger partial charge in [0.2, 0.25) is 0 Å². The van der Waals surface area contributed by atoms with E-state index in [9.17, 15) is 0 Å². The van der Waals surface area contributed by atoms with Crippen molar-refractivity contribution in [1.29, 1.82) is 0 Å². The summed E-state index contributed by atoms with van der Waals surface area (Å²) in [7, 11) is 2.02. The minimum atomic E-state index is 0.134. The molecule has 0 saturated heterocycles. The highest BCUT2D eigenvalue weighted by molar-refractivity contribution is 7.18. The molecule has 17 heavy (non-hydrogen) atoms. The van der Waals surface area contributed by atoms with E-state index in [1.54, 1.807) is 17.7 Å². The molecule has 0 bridgehead atoms. The minimum Gasteiger partial charge on any atom is -0.357 e. The summed E-state index contributed by atoms with van der Waals surface area (Å²) in [5.74, 6) is 0.975. The SMILES string of the molecule is CCc1cc2c(N(C)CC(C)N)ncnc2s1. The molecule has 2 rings (SSSR count). The predicted molar refractivity (Wildman–Crippen MR) is 73.7 cm³/mol. The summed E-state index contributed by atoms with van der Waals surface area (Å²) >= 11 is 1.74. The highest BCUT2D eigenvalue weighted by Crippen LogP contribution is 2.29. The third-order valence-electron chi connectivity index (χ3n) is 2.63. The van der Waals surface area contributed by atoms with E-state index in [1.165, 1.54) is 4.88 Å². The first kappa shape index (κ1) is 12.3. The minimum absolute atomic E-state index is 0.134. The van der Waals surface area contributed by atoms with Crippen LogP contribution in [0.4, 0.5) is 5.82 Å². The monoisotopic (exact) mass is 250 g/mol. The highest BCUT2D eigenvalue weighted by Gasteiger charge is 2.12. The second-order valence-electron chi connectivity index (χ2n) is 4.34. The Kier molecular flexibility index (Phi) is 3.59. The van der Waals surface area contributed by atoms with Gasteiger partial charge in [0, 0.05) is 24.5 Å². The number of rotatable bonds is 4. The molecule has 0 amide bonds. The average molecular weight is 250 g/mol. The van der Waals surface area contributed by atoms with Gasteiger partial charge in [0.25, 0.3) is 0 Å². The van der Waals surface area contributed by atoms with E-state index in [0.29, 0.717) is 0 Å². The van der Waals surface area contributed by atoms with Crippen molar-refractivity contribution in [3.05, 3.63) is 17.3 Å². The number of hydrogen-bond donors (Lipinski definition) is 1. The largest absolute Gasteiger partial charge is 0.357 e. The Hall–Kier alpha value is -1.20. The van der Waals surface area contributed by atoms with Gasteiger partial charge in [-0.1, -0.05) is 6.92 Å². The Labute approximate surface area is 105 Å². The van der Waals surface area contributed by atoms with Crippen LogP contribution in [0.3, 0.4) is 0 Å². The molecular formula is C12H18N4S. The van der Waals surface area contributed by atoms with Crippen LogP contribution < -0.4 is 10.6 Å². The summed E-state index contributed by atoms with van der Waals surface area (Å²) < 4.78 is 0. The molecule has 0 radical (unpaired) electrons. The molecular weight excluding hydrogens is 232 g/mol. The van der Waals surface area contributed by atoms with Gasteiger partial charge in [-0.25, -0.2) is 9.97 Å². The summed E-state index contributed by atoms with van der Waals surface area (Å²) in [6.45, 7) is 4.95. The summed E-state index contributed by atoms with van der Waals surface area (Å²) in [6.07, 6.45) is 2.67. The van der Waals surface area contributed by atoms with Gasteiger partial charge in [-0.15, -0.1) is 11.3 Å². The first-order valence-electron chi connectivity index (χ1n) is 5.82. The van der Waals surface area contributed by atoms with Crippen LogP contribution in [-0.2, 0) is 6.42 Å². The summed E-state index contributed by atoms with van der Waals surface area (Å²) in [4.78, 5) is 13.2. The van der Waals surface area contributed by atoms with Crippen molar-refractivity contribution in [1.82, 2.24) is 9.97 Å². The van der Waals surface area contributed by atoms with E-state index in [1.807, 2.05) is 14.0 Å². The van der Waals surface area contributed by atoms with Gasteiger partial charge in [-0.05, 0) is 19.4 Å². The number of hydrogen-bond acceptors (Lipinski definition) is 5. The van der Waals surface area contributed by atoms with Gasteiger partial charge in [0.05, 0.1) is 5.39 Å². The molecule has 92 valence electrons. The highest BCUT2D eigenvalue weighted by atomic mass is 32.1. The van der Waals surface area contributed by atoms with Crippen molar-refractivity contribution in [3.63, 3.8) is 0 Å². The van der Waals surface area contributed by atoms with E-state index < -0.39 is 0 Å². The molecule has 2 heterocycles. The first-order chi connectivity index (χ1) is 8.11. The van der Waals surface area contributed by atoms with E-state index in [0.717, 1.165) is 29.0 Å². The summed E-state index contributed by atoms with van der Waals surface area (Å²) in [5.41, 5.74) is 5.82. The lowest BCUT2D eigenvalue weighted by atomic mass is 10.2. The number of thiophene rings is 1. The molecule has 0 aliphatic rings. The number of likely N-dealkylation sites (N-methyl/N-ethyl adjacent to an activating group) is 1. The lowest BCUT2D eigenvalue weighted by Crippen LogP contribution is -2.33. The summed E-state index contributed by atoms with van der Waals surface area (Å²) in [5, 5.41) is 1.14. The standard InChI is InChI=1S/C12H18N4S/c1-4-9-5-10-11(16(3)6-8(2)13)14-7-15-12(10)17-9/h5,7-8H,4,6,13H2,1-3H3. The number of nitrogens with zero attached hydrogens (tertiary/aromatic N) is 3. The van der Waals surface area contributed by atoms with Crippen LogP contribution in [0.1, 0.15) is 18.7 Å². The molecule has 4 nitrogen and oxygen atoms in total. The Morgan fingerprint density at radius 2 is 2.24 bits per heavy atom. The van der Waals surface area contributed by atoms with Crippen molar-refractivity contribution >= 4 is 27.4 Å². The summed E-state index contributed by atoms with van der Waals surface area (Å²) in [6, 6.07) is 2.32. The Morgan fingerprint density at radius 3 is 2.88 bits per heavy atom. The van der Waals surface area contributed by atoms with E-state index in [4.69, 9.17) is 5.73 Å². The van der Waals surface area contributed by atoms with Crippen LogP contribution >= 0.6 is 11.3 Å². The second kappa shape index (κ2) is 4.98. The smallest absolute Gasteiger partial charge is 0.140 e. The van der Waals surface area contributed by atoms with Crippen LogP contribution in [0.5, 0.6) is 0 Å². The van der Waals surface area contributed by atoms with Crippen molar-refractivity contribution < 1.29 is 0 Å². The van der Waals surface area contributed by atoms with Crippen LogP contribution in [-0.4, -0.2) is 29.6 Å². The predicted octanol–water partition coefficient (Wildman–Crippen LogP) is 2.04. The van der Waals surface area contributed by atoms with Crippen LogP contribution in [0.25, 0.3) is 10.2 Å². The van der Waals surface area contributed by atoms with E-state index in [-0.39, 0.29) is 6.04 Å². The van der Waals surface area contributed by atoms with E-state index >= 15 is 0 Å². The quantitative estimate of drug-likeness (QED) is 0.902. The Morgan fingerprint density at radius 1 is 1.47 bits per heavy atom. The molecule has 0 spiro atoms. The molecule has 0 aromatic carbocycles. The van der Waals surface area contributed by atoms with Crippen molar-refractivity contribution in [2.45, 2.75) is 26.3 Å². The lowest BCUT2D eigenvalue weighted by Gasteiger charge is -2.20. The van der Waals surface area contributed by atoms with Gasteiger partial charge in [0.1, 0.15) is 17.0 Å². The number of aryl methyl sites for hydroxylation is 1. The zero-order valence-electron chi connectivity index (χ0n) is 10.5. The number of nitrogens with two attached hydrogens (primary N) is 1. The zero-order valence-corrected chi connectivity index (χ0v) is 11.3. The molecule has 2 N–H and O–H groups in total. The second-order valence-corrected chi connectivity index (χ2v) is 5.46. The molecule has 0 saturated carbocycles. The number of fused-ring (bicyclic) bond motifs is 1. The average Bonchev–Trinajstić information content (AvgIpc) is 2.70. The third kappa shape index (κ3) is 2.56. The normalized spacial score (nSPS) is 12.9. The lowest BCUT2D eigenvalue weighted by molar-refractivity contribution is 0.713. The van der Waals surface area contributed by atoms with Crippen LogP contribution in [0.2, 0.25) is 0 Å². The van der Waals surface area contributed by atoms with Gasteiger partial charge in [-0.3, -0.25) is 0 Å². The third-order valence-corrected chi connectivity index (χ3v) is 3.82. The Balaban J connectivity index is 2.42. The fourth-order valence-corrected chi connectivity index (χ4v) is 2.82. The van der Waals surface area contributed by atoms with Crippen LogP contribution in [0.15, 0.2) is 12.4 Å². The molecule has 5 heteroatoms. The molecule has 1 unspecified atom stereocenters. The van der Waals surface area contributed by atoms with Gasteiger partial charge in [-0.2, -0.15) is 0 Å². The van der Waals surface area contributed by atoms with Gasteiger partial charge < -0.3 is 10.6 Å². The first-order valence-corrected chi connectivity index (χ1v) is 6.63. The zero-order chi connectivity index (χ0) is 12.4. The van der Waals surface area contributed by atoms with E-state index in [2.05, 4.69) is 27.9 Å². The van der Waals surface area contributed by atoms with Gasteiger partial charge >= 0.3 is 0 Å². The molecule has 0 aliphatic carbocycles. The molecule has 0 aliphatic heterocycles. The molecule has 2 aromatic heterocycles. The molecule has 0 fully saturated rings. The van der Waals surface area contributed by atoms with Crippen molar-refractivity contribution in [3.8, 4) is 0 Å². The number of anilines is 1. The maximum atomic E-state index is 5.82. The fourth-order valence-electron chi connectivity index (χ4n) is 1.89. The Bertz CT molecular complexity index is 506. The fraction of sp³-hybridized carbons (Fsp3) is 0.500. The van der Waals surface area contributed by atoms with Gasteiger partial charge in [0.15, 0.2) is 0 Å². The maximum Gasteiger partial charge on any atom is 0.140 e. The topological polar surface area (TPSA) is 55.0 Å². The molecule has 1 atom stereocenters.